The highest BCUT2D eigenvalue weighted by molar-refractivity contribution is 5.30. The van der Waals surface area contributed by atoms with Crippen LogP contribution >= 0.6 is 0 Å². The van der Waals surface area contributed by atoms with E-state index in [0.717, 1.165) is 38.5 Å². The lowest BCUT2D eigenvalue weighted by molar-refractivity contribution is -0.237. The molecule has 0 radical (unpaired) electrons. The Bertz CT molecular complexity index is 726. The summed E-state index contributed by atoms with van der Waals surface area (Å²) in [5.74, 6) is 4.21. The number of aliphatic hydroxyl groups is 4. The Morgan fingerprint density at radius 2 is 1.66 bits per heavy atom. The van der Waals surface area contributed by atoms with Crippen LogP contribution in [0.1, 0.15) is 72.1 Å². The van der Waals surface area contributed by atoms with Crippen molar-refractivity contribution in [2.24, 2.45) is 58.2 Å². The Morgan fingerprint density at radius 3 is 2.38 bits per heavy atom. The lowest BCUT2D eigenvalue weighted by atomic mass is 9.42. The van der Waals surface area contributed by atoms with Crippen LogP contribution in [0, 0.1) is 58.2 Å². The third kappa shape index (κ3) is 2.02. The van der Waals surface area contributed by atoms with Crippen molar-refractivity contribution in [2.75, 3.05) is 6.61 Å². The normalized spacial score (nSPS) is 66.9. The Kier molecular flexibility index (Phi) is 3.77. The quantitative estimate of drug-likeness (QED) is 0.583. The van der Waals surface area contributed by atoms with E-state index < -0.39 is 11.2 Å². The second-order valence-corrected chi connectivity index (χ2v) is 12.6. The third-order valence-corrected chi connectivity index (χ3v) is 12.0. The molecular formula is C25H40O4. The SMILES string of the molecule is C[C@@H]1C2C3C4[C@@H]5C[C@@H]5[C@@](O)(CCCO)[C@@]4(C)CCC3[C@@]3(C)CC[C@H](O)C[C@@]3(O)[C@@H]21. The smallest absolute Gasteiger partial charge is 0.0761 e. The topological polar surface area (TPSA) is 80.9 Å². The highest BCUT2D eigenvalue weighted by Gasteiger charge is 2.82. The van der Waals surface area contributed by atoms with E-state index in [0.29, 0.717) is 60.2 Å². The van der Waals surface area contributed by atoms with Gasteiger partial charge >= 0.3 is 0 Å². The van der Waals surface area contributed by atoms with Crippen molar-refractivity contribution >= 4 is 0 Å². The predicted molar refractivity (Wildman–Crippen MR) is 110 cm³/mol. The molecule has 0 aromatic heterocycles. The molecule has 4 nitrogen and oxygen atoms in total. The van der Waals surface area contributed by atoms with Crippen molar-refractivity contribution in [3.63, 3.8) is 0 Å². The second-order valence-electron chi connectivity index (χ2n) is 12.6. The minimum Gasteiger partial charge on any atom is -0.396 e. The molecule has 0 bridgehead atoms. The fourth-order valence-corrected chi connectivity index (χ4v) is 10.6. The summed E-state index contributed by atoms with van der Waals surface area (Å²) in [6.07, 6.45) is 6.73. The molecule has 0 spiro atoms. The van der Waals surface area contributed by atoms with E-state index in [1.165, 1.54) is 0 Å². The summed E-state index contributed by atoms with van der Waals surface area (Å²) in [6.45, 7) is 7.22. The molecule has 0 aromatic carbocycles. The number of fused-ring (bicyclic) bond motifs is 10. The van der Waals surface area contributed by atoms with E-state index in [2.05, 4.69) is 20.8 Å². The van der Waals surface area contributed by atoms with Crippen molar-refractivity contribution in [1.82, 2.24) is 0 Å². The Labute approximate surface area is 175 Å². The monoisotopic (exact) mass is 404 g/mol. The number of aliphatic hydroxyl groups excluding tert-OH is 2. The van der Waals surface area contributed by atoms with Gasteiger partial charge in [0.1, 0.15) is 0 Å². The van der Waals surface area contributed by atoms with E-state index in [9.17, 15) is 20.4 Å². The first kappa shape index (κ1) is 19.5. The molecule has 0 heterocycles. The molecule has 6 aliphatic carbocycles. The molecule has 4 unspecified atom stereocenters. The van der Waals surface area contributed by atoms with Crippen LogP contribution in [0.4, 0.5) is 0 Å². The van der Waals surface area contributed by atoms with E-state index in [-0.39, 0.29) is 23.5 Å². The number of hydrogen-bond acceptors (Lipinski definition) is 4. The molecule has 6 saturated carbocycles. The van der Waals surface area contributed by atoms with Crippen LogP contribution in [-0.2, 0) is 0 Å². The van der Waals surface area contributed by atoms with Gasteiger partial charge < -0.3 is 20.4 Å². The van der Waals surface area contributed by atoms with Crippen molar-refractivity contribution in [1.29, 1.82) is 0 Å². The molecular weight excluding hydrogens is 364 g/mol. The van der Waals surface area contributed by atoms with Gasteiger partial charge in [0, 0.05) is 13.0 Å². The zero-order chi connectivity index (χ0) is 20.6. The maximum atomic E-state index is 12.0. The summed E-state index contributed by atoms with van der Waals surface area (Å²) in [6, 6.07) is 0. The van der Waals surface area contributed by atoms with Gasteiger partial charge in [-0.05, 0) is 103 Å². The molecule has 4 N–H and O–H groups in total. The van der Waals surface area contributed by atoms with Crippen LogP contribution in [0.2, 0.25) is 0 Å². The minimum atomic E-state index is -0.710. The van der Waals surface area contributed by atoms with Gasteiger partial charge in [-0.15, -0.1) is 0 Å². The average molecular weight is 405 g/mol. The summed E-state index contributed by atoms with van der Waals surface area (Å²) in [7, 11) is 0. The predicted octanol–water partition coefficient (Wildman–Crippen LogP) is 2.97. The summed E-state index contributed by atoms with van der Waals surface area (Å²) in [5, 5.41) is 43.8. The molecule has 6 rings (SSSR count). The molecule has 0 aromatic rings. The summed E-state index contributed by atoms with van der Waals surface area (Å²) in [4.78, 5) is 0. The summed E-state index contributed by atoms with van der Waals surface area (Å²) < 4.78 is 0. The van der Waals surface area contributed by atoms with E-state index >= 15 is 0 Å². The molecule has 6 fully saturated rings. The van der Waals surface area contributed by atoms with Gasteiger partial charge in [-0.2, -0.15) is 0 Å². The van der Waals surface area contributed by atoms with Crippen molar-refractivity contribution < 1.29 is 20.4 Å². The lowest BCUT2D eigenvalue weighted by Gasteiger charge is -2.64. The lowest BCUT2D eigenvalue weighted by Crippen LogP contribution is -2.65. The van der Waals surface area contributed by atoms with Crippen molar-refractivity contribution in [2.45, 2.75) is 89.4 Å². The summed E-state index contributed by atoms with van der Waals surface area (Å²) in [5.41, 5.74) is -1.45. The van der Waals surface area contributed by atoms with Crippen LogP contribution in [0.15, 0.2) is 0 Å². The zero-order valence-electron chi connectivity index (χ0n) is 18.3. The van der Waals surface area contributed by atoms with Crippen LogP contribution < -0.4 is 0 Å². The van der Waals surface area contributed by atoms with Crippen molar-refractivity contribution in [3.05, 3.63) is 0 Å². The van der Waals surface area contributed by atoms with Gasteiger partial charge in [-0.25, -0.2) is 0 Å². The fraction of sp³-hybridized carbons (Fsp3) is 1.00. The Morgan fingerprint density at radius 1 is 0.931 bits per heavy atom. The van der Waals surface area contributed by atoms with Crippen LogP contribution in [0.3, 0.4) is 0 Å². The Hall–Kier alpha value is -0.160. The van der Waals surface area contributed by atoms with Crippen LogP contribution in [0.5, 0.6) is 0 Å². The maximum absolute atomic E-state index is 12.0. The zero-order valence-corrected chi connectivity index (χ0v) is 18.3. The maximum Gasteiger partial charge on any atom is 0.0761 e. The van der Waals surface area contributed by atoms with Gasteiger partial charge in [0.2, 0.25) is 0 Å². The third-order valence-electron chi connectivity index (χ3n) is 12.0. The van der Waals surface area contributed by atoms with Gasteiger partial charge in [-0.3, -0.25) is 0 Å². The number of rotatable bonds is 3. The standard InChI is InChI=1S/C25H40O4/c1-13-18-19-16(22(2)8-5-14(27)12-25(22,29)20(13)18)6-9-23(3)21(19)15-11-17(15)24(23,28)7-4-10-26/h13-21,26-29H,4-12H2,1-3H3/t13-,14+,15-,16?,17+,18?,19?,20-,21?,22-,23+,24+,25-/m1/s1. The van der Waals surface area contributed by atoms with Gasteiger partial charge in [-0.1, -0.05) is 20.8 Å². The van der Waals surface area contributed by atoms with E-state index in [4.69, 9.17) is 0 Å². The molecule has 164 valence electrons. The first-order valence-corrected chi connectivity index (χ1v) is 12.4. The molecule has 0 aliphatic heterocycles. The van der Waals surface area contributed by atoms with Gasteiger partial charge in [0.25, 0.3) is 0 Å². The minimum absolute atomic E-state index is 0.0379. The summed E-state index contributed by atoms with van der Waals surface area (Å²) >= 11 is 0. The van der Waals surface area contributed by atoms with Gasteiger partial charge in [0.15, 0.2) is 0 Å². The second kappa shape index (κ2) is 5.60. The van der Waals surface area contributed by atoms with Crippen molar-refractivity contribution in [3.8, 4) is 0 Å². The molecule has 29 heavy (non-hydrogen) atoms. The van der Waals surface area contributed by atoms with E-state index in [1.54, 1.807) is 0 Å². The first-order chi connectivity index (χ1) is 13.6. The molecule has 6 aliphatic rings. The first-order valence-electron chi connectivity index (χ1n) is 12.4. The molecule has 13 atom stereocenters. The highest BCUT2D eigenvalue weighted by Crippen LogP contribution is 2.83. The average Bonchev–Trinajstić information content (AvgIpc) is 3.56. The van der Waals surface area contributed by atoms with Crippen LogP contribution in [0.25, 0.3) is 0 Å². The Balaban J connectivity index is 1.41. The molecule has 0 saturated heterocycles. The van der Waals surface area contributed by atoms with E-state index in [1.807, 2.05) is 0 Å². The van der Waals surface area contributed by atoms with Gasteiger partial charge in [0.05, 0.1) is 17.3 Å². The molecule has 0 amide bonds. The fourth-order valence-electron chi connectivity index (χ4n) is 10.6. The molecule has 4 heteroatoms. The highest BCUT2D eigenvalue weighted by atomic mass is 16.3. The number of hydrogen-bond donors (Lipinski definition) is 4. The van der Waals surface area contributed by atoms with Crippen LogP contribution in [-0.4, -0.2) is 44.3 Å². The largest absolute Gasteiger partial charge is 0.396 e.